The zero-order valence-corrected chi connectivity index (χ0v) is 12.4. The van der Waals surface area contributed by atoms with Crippen molar-refractivity contribution in [2.45, 2.75) is 6.92 Å². The largest absolute Gasteiger partial charge is 0.397 e. The van der Waals surface area contributed by atoms with Gasteiger partial charge in [-0.05, 0) is 31.8 Å². The first kappa shape index (κ1) is 14.7. The van der Waals surface area contributed by atoms with Gasteiger partial charge in [0.15, 0.2) is 0 Å². The first-order valence-corrected chi connectivity index (χ1v) is 7.28. The number of rotatable bonds is 5. The molecule has 0 radical (unpaired) electrons. The summed E-state index contributed by atoms with van der Waals surface area (Å²) in [6.45, 7) is 4.33. The van der Waals surface area contributed by atoms with Gasteiger partial charge in [-0.3, -0.25) is 4.79 Å². The fourth-order valence-corrected chi connectivity index (χ4v) is 2.88. The van der Waals surface area contributed by atoms with Crippen molar-refractivity contribution >= 4 is 33.0 Å². The molecule has 0 unspecified atom stereocenters. The maximum absolute atomic E-state index is 13.2. The van der Waals surface area contributed by atoms with E-state index in [-0.39, 0.29) is 11.7 Å². The highest BCUT2D eigenvalue weighted by molar-refractivity contribution is 7.21. The first-order chi connectivity index (χ1) is 9.52. The van der Waals surface area contributed by atoms with E-state index in [0.29, 0.717) is 22.5 Å². The Hall–Kier alpha value is -1.66. The molecule has 108 valence electrons. The number of benzene rings is 1. The Bertz CT molecular complexity index is 626. The van der Waals surface area contributed by atoms with E-state index in [1.165, 1.54) is 23.5 Å². The van der Waals surface area contributed by atoms with Crippen LogP contribution in [0.25, 0.3) is 10.1 Å². The molecule has 1 amide bonds. The second kappa shape index (κ2) is 6.19. The van der Waals surface area contributed by atoms with Crippen LogP contribution in [0.1, 0.15) is 16.6 Å². The van der Waals surface area contributed by atoms with Crippen molar-refractivity contribution in [2.75, 3.05) is 32.4 Å². The van der Waals surface area contributed by atoms with Gasteiger partial charge in [-0.1, -0.05) is 6.92 Å². The molecule has 0 bridgehead atoms. The summed E-state index contributed by atoms with van der Waals surface area (Å²) in [6.07, 6.45) is 0. The normalized spacial score (nSPS) is 11.2. The molecule has 2 rings (SSSR count). The average Bonchev–Trinajstić information content (AvgIpc) is 2.75. The maximum Gasteiger partial charge on any atom is 0.263 e. The van der Waals surface area contributed by atoms with E-state index < -0.39 is 0 Å². The van der Waals surface area contributed by atoms with Crippen LogP contribution in [0.4, 0.5) is 10.1 Å². The predicted octanol–water partition coefficient (Wildman–Crippen LogP) is 2.30. The molecule has 0 fully saturated rings. The molecule has 0 atom stereocenters. The van der Waals surface area contributed by atoms with Crippen molar-refractivity contribution in [3.05, 3.63) is 28.9 Å². The smallest absolute Gasteiger partial charge is 0.263 e. The maximum atomic E-state index is 13.2. The number of carbonyl (C=O) groups is 1. The van der Waals surface area contributed by atoms with E-state index in [1.54, 1.807) is 6.07 Å². The number of likely N-dealkylation sites (N-methyl/N-ethyl adjacent to an activating group) is 1. The summed E-state index contributed by atoms with van der Waals surface area (Å²) in [7, 11) is 1.99. The molecule has 20 heavy (non-hydrogen) atoms. The molecule has 0 aliphatic carbocycles. The summed E-state index contributed by atoms with van der Waals surface area (Å²) in [6, 6.07) is 4.38. The Labute approximate surface area is 121 Å². The average molecular weight is 295 g/mol. The van der Waals surface area contributed by atoms with Crippen molar-refractivity contribution in [1.82, 2.24) is 10.2 Å². The Morgan fingerprint density at radius 2 is 2.25 bits per heavy atom. The summed E-state index contributed by atoms with van der Waals surface area (Å²) in [4.78, 5) is 14.6. The van der Waals surface area contributed by atoms with Crippen molar-refractivity contribution in [3.8, 4) is 0 Å². The number of carbonyl (C=O) groups excluding carboxylic acids is 1. The SMILES string of the molecule is CCN(C)CCNC(=O)c1sc2ccc(F)cc2c1N. The number of amides is 1. The van der Waals surface area contributed by atoms with E-state index >= 15 is 0 Å². The van der Waals surface area contributed by atoms with Crippen LogP contribution in [0.15, 0.2) is 18.2 Å². The van der Waals surface area contributed by atoms with Gasteiger partial charge < -0.3 is 16.0 Å². The van der Waals surface area contributed by atoms with Gasteiger partial charge in [0.1, 0.15) is 10.7 Å². The minimum absolute atomic E-state index is 0.200. The van der Waals surface area contributed by atoms with Gasteiger partial charge >= 0.3 is 0 Å². The lowest BCUT2D eigenvalue weighted by Gasteiger charge is -2.13. The molecule has 0 saturated heterocycles. The van der Waals surface area contributed by atoms with Crippen LogP contribution in [-0.4, -0.2) is 37.5 Å². The number of nitrogens with two attached hydrogens (primary N) is 1. The molecule has 3 N–H and O–H groups in total. The third-order valence-electron chi connectivity index (χ3n) is 3.21. The molecule has 0 spiro atoms. The van der Waals surface area contributed by atoms with Crippen LogP contribution in [0.3, 0.4) is 0 Å². The predicted molar refractivity (Wildman–Crippen MR) is 81.7 cm³/mol. The topological polar surface area (TPSA) is 58.4 Å². The van der Waals surface area contributed by atoms with Crippen molar-refractivity contribution in [3.63, 3.8) is 0 Å². The van der Waals surface area contributed by atoms with Gasteiger partial charge in [-0.15, -0.1) is 11.3 Å². The third kappa shape index (κ3) is 3.08. The summed E-state index contributed by atoms with van der Waals surface area (Å²) < 4.78 is 14.0. The summed E-state index contributed by atoms with van der Waals surface area (Å²) in [5.41, 5.74) is 6.29. The molecule has 2 aromatic rings. The van der Waals surface area contributed by atoms with Crippen LogP contribution in [-0.2, 0) is 0 Å². The lowest BCUT2D eigenvalue weighted by atomic mass is 10.2. The van der Waals surface area contributed by atoms with E-state index in [4.69, 9.17) is 5.73 Å². The molecule has 1 aromatic heterocycles. The fraction of sp³-hybridized carbons (Fsp3) is 0.357. The van der Waals surface area contributed by atoms with Crippen molar-refractivity contribution in [1.29, 1.82) is 0 Å². The van der Waals surface area contributed by atoms with E-state index in [9.17, 15) is 9.18 Å². The zero-order chi connectivity index (χ0) is 14.7. The first-order valence-electron chi connectivity index (χ1n) is 6.47. The lowest BCUT2D eigenvalue weighted by molar-refractivity contribution is 0.0955. The number of nitrogens with one attached hydrogen (secondary N) is 1. The van der Waals surface area contributed by atoms with Gasteiger partial charge in [0.2, 0.25) is 0 Å². The van der Waals surface area contributed by atoms with Crippen LogP contribution in [0.5, 0.6) is 0 Å². The molecule has 1 aromatic carbocycles. The van der Waals surface area contributed by atoms with Crippen LogP contribution >= 0.6 is 11.3 Å². The molecule has 6 heteroatoms. The molecule has 0 aliphatic rings. The van der Waals surface area contributed by atoms with Gasteiger partial charge in [0, 0.05) is 23.2 Å². The van der Waals surface area contributed by atoms with E-state index in [0.717, 1.165) is 17.8 Å². The van der Waals surface area contributed by atoms with Gasteiger partial charge in [0.25, 0.3) is 5.91 Å². The highest BCUT2D eigenvalue weighted by atomic mass is 32.1. The van der Waals surface area contributed by atoms with Crippen molar-refractivity contribution in [2.24, 2.45) is 0 Å². The molecule has 0 saturated carbocycles. The van der Waals surface area contributed by atoms with E-state index in [2.05, 4.69) is 17.1 Å². The van der Waals surface area contributed by atoms with Gasteiger partial charge in [-0.25, -0.2) is 4.39 Å². The number of hydrogen-bond acceptors (Lipinski definition) is 4. The molecule has 4 nitrogen and oxygen atoms in total. The number of halogens is 1. The number of nitrogen functional groups attached to an aromatic ring is 1. The minimum atomic E-state index is -0.349. The summed E-state index contributed by atoms with van der Waals surface area (Å²) >= 11 is 1.29. The number of anilines is 1. The summed E-state index contributed by atoms with van der Waals surface area (Å²) in [5, 5.41) is 3.44. The number of fused-ring (bicyclic) bond motifs is 1. The fourth-order valence-electron chi connectivity index (χ4n) is 1.86. The number of hydrogen-bond donors (Lipinski definition) is 2. The minimum Gasteiger partial charge on any atom is -0.397 e. The van der Waals surface area contributed by atoms with Crippen LogP contribution in [0.2, 0.25) is 0 Å². The van der Waals surface area contributed by atoms with Gasteiger partial charge in [-0.2, -0.15) is 0 Å². The standard InChI is InChI=1S/C14H18FN3OS/c1-3-18(2)7-6-17-14(19)13-12(16)10-8-9(15)4-5-11(10)20-13/h4-5,8H,3,6-7,16H2,1-2H3,(H,17,19). The lowest BCUT2D eigenvalue weighted by Crippen LogP contribution is -2.32. The number of nitrogens with zero attached hydrogens (tertiary/aromatic N) is 1. The van der Waals surface area contributed by atoms with Gasteiger partial charge in [0.05, 0.1) is 5.69 Å². The molecule has 0 aliphatic heterocycles. The molecular formula is C14H18FN3OS. The van der Waals surface area contributed by atoms with E-state index in [1.807, 2.05) is 7.05 Å². The zero-order valence-electron chi connectivity index (χ0n) is 11.6. The third-order valence-corrected chi connectivity index (χ3v) is 4.40. The second-order valence-electron chi connectivity index (χ2n) is 4.64. The van der Waals surface area contributed by atoms with Crippen molar-refractivity contribution < 1.29 is 9.18 Å². The quantitative estimate of drug-likeness (QED) is 0.890. The highest BCUT2D eigenvalue weighted by Gasteiger charge is 2.16. The molecular weight excluding hydrogens is 277 g/mol. The summed E-state index contributed by atoms with van der Waals surface area (Å²) in [5.74, 6) is -0.549. The highest BCUT2D eigenvalue weighted by Crippen LogP contribution is 2.33. The molecule has 1 heterocycles. The second-order valence-corrected chi connectivity index (χ2v) is 5.69. The Kier molecular flexibility index (Phi) is 4.57. The monoisotopic (exact) mass is 295 g/mol. The Morgan fingerprint density at radius 1 is 1.50 bits per heavy atom. The Morgan fingerprint density at radius 3 is 2.95 bits per heavy atom. The van der Waals surface area contributed by atoms with Crippen LogP contribution < -0.4 is 11.1 Å². The Balaban J connectivity index is 2.12. The van der Waals surface area contributed by atoms with Crippen LogP contribution in [0, 0.1) is 5.82 Å². The number of thiophene rings is 1.